The standard InChI is InChI=1S/C18H24N2O2S/c1-4-16-20-13(3)18(23-16)12(2)19-11-14-7-5-8-15-17(14)22-10-6-9-21-15/h5,7-8,12,19H,4,6,9-11H2,1-3H3/t12-/m0/s1. The zero-order chi connectivity index (χ0) is 16.2. The Morgan fingerprint density at radius 2 is 2.13 bits per heavy atom. The van der Waals surface area contributed by atoms with Crippen molar-refractivity contribution in [2.24, 2.45) is 0 Å². The first kappa shape index (κ1) is 16.3. The van der Waals surface area contributed by atoms with Crippen LogP contribution in [0.5, 0.6) is 11.5 Å². The van der Waals surface area contributed by atoms with Gasteiger partial charge in [-0.2, -0.15) is 0 Å². The number of aryl methyl sites for hydroxylation is 2. The smallest absolute Gasteiger partial charge is 0.165 e. The number of nitrogens with one attached hydrogen (secondary N) is 1. The normalized spacial score (nSPS) is 15.3. The maximum Gasteiger partial charge on any atom is 0.165 e. The zero-order valence-electron chi connectivity index (χ0n) is 14.0. The van der Waals surface area contributed by atoms with Crippen molar-refractivity contribution in [3.8, 4) is 11.5 Å². The van der Waals surface area contributed by atoms with Crippen LogP contribution < -0.4 is 14.8 Å². The number of rotatable bonds is 5. The van der Waals surface area contributed by atoms with Gasteiger partial charge in [-0.15, -0.1) is 11.3 Å². The van der Waals surface area contributed by atoms with Crippen molar-refractivity contribution in [3.05, 3.63) is 39.3 Å². The summed E-state index contributed by atoms with van der Waals surface area (Å²) in [6.45, 7) is 8.63. The third-order valence-electron chi connectivity index (χ3n) is 4.02. The van der Waals surface area contributed by atoms with E-state index in [2.05, 4.69) is 37.1 Å². The second-order valence-electron chi connectivity index (χ2n) is 5.81. The van der Waals surface area contributed by atoms with Crippen molar-refractivity contribution >= 4 is 11.3 Å². The molecule has 1 atom stereocenters. The summed E-state index contributed by atoms with van der Waals surface area (Å²) in [5.41, 5.74) is 2.28. The molecule has 0 aliphatic carbocycles. The largest absolute Gasteiger partial charge is 0.490 e. The molecular formula is C18H24N2O2S. The molecule has 0 fully saturated rings. The van der Waals surface area contributed by atoms with E-state index in [9.17, 15) is 0 Å². The molecule has 1 aliphatic rings. The minimum absolute atomic E-state index is 0.273. The Balaban J connectivity index is 1.71. The van der Waals surface area contributed by atoms with Crippen molar-refractivity contribution in [3.63, 3.8) is 0 Å². The van der Waals surface area contributed by atoms with Gasteiger partial charge >= 0.3 is 0 Å². The fourth-order valence-corrected chi connectivity index (χ4v) is 3.80. The molecule has 0 unspecified atom stereocenters. The van der Waals surface area contributed by atoms with Gasteiger partial charge in [0.1, 0.15) is 0 Å². The van der Waals surface area contributed by atoms with Crippen LogP contribution in [0.1, 0.15) is 47.5 Å². The van der Waals surface area contributed by atoms with Gasteiger partial charge in [0.05, 0.1) is 23.9 Å². The number of ether oxygens (including phenoxy) is 2. The molecule has 1 aromatic carbocycles. The summed E-state index contributed by atoms with van der Waals surface area (Å²) in [5.74, 6) is 1.75. The van der Waals surface area contributed by atoms with Crippen molar-refractivity contribution in [2.75, 3.05) is 13.2 Å². The first-order valence-electron chi connectivity index (χ1n) is 8.26. The summed E-state index contributed by atoms with van der Waals surface area (Å²) >= 11 is 1.81. The maximum absolute atomic E-state index is 5.89. The molecule has 0 bridgehead atoms. The summed E-state index contributed by atoms with van der Waals surface area (Å²) in [7, 11) is 0. The number of thiazole rings is 1. The molecule has 2 aromatic rings. The lowest BCUT2D eigenvalue weighted by atomic mass is 10.1. The Morgan fingerprint density at radius 1 is 1.30 bits per heavy atom. The third kappa shape index (κ3) is 3.67. The predicted octanol–water partition coefficient (Wildman–Crippen LogP) is 4.03. The average molecular weight is 332 g/mol. The molecule has 124 valence electrons. The van der Waals surface area contributed by atoms with Gasteiger partial charge in [-0.1, -0.05) is 19.1 Å². The van der Waals surface area contributed by atoms with Crippen LogP contribution in [0.15, 0.2) is 18.2 Å². The molecule has 2 heterocycles. The molecular weight excluding hydrogens is 308 g/mol. The molecule has 0 amide bonds. The minimum Gasteiger partial charge on any atom is -0.490 e. The van der Waals surface area contributed by atoms with E-state index in [-0.39, 0.29) is 6.04 Å². The lowest BCUT2D eigenvalue weighted by molar-refractivity contribution is 0.296. The van der Waals surface area contributed by atoms with Crippen LogP contribution in [0, 0.1) is 6.92 Å². The fourth-order valence-electron chi connectivity index (χ4n) is 2.77. The Labute approximate surface area is 141 Å². The Hall–Kier alpha value is -1.59. The van der Waals surface area contributed by atoms with E-state index in [0.717, 1.165) is 48.7 Å². The summed E-state index contributed by atoms with van der Waals surface area (Å²) in [5, 5.41) is 4.80. The second kappa shape index (κ2) is 7.32. The molecule has 1 aliphatic heterocycles. The number of hydrogen-bond acceptors (Lipinski definition) is 5. The summed E-state index contributed by atoms with van der Waals surface area (Å²) in [6, 6.07) is 6.39. The highest BCUT2D eigenvalue weighted by Gasteiger charge is 2.17. The minimum atomic E-state index is 0.273. The second-order valence-corrected chi connectivity index (χ2v) is 6.92. The molecule has 1 N–H and O–H groups in total. The van der Waals surface area contributed by atoms with E-state index in [4.69, 9.17) is 9.47 Å². The van der Waals surface area contributed by atoms with Crippen LogP contribution in [0.25, 0.3) is 0 Å². The molecule has 5 heteroatoms. The number of para-hydroxylation sites is 1. The van der Waals surface area contributed by atoms with E-state index in [1.165, 1.54) is 9.88 Å². The van der Waals surface area contributed by atoms with Gasteiger partial charge in [0.2, 0.25) is 0 Å². The van der Waals surface area contributed by atoms with Crippen molar-refractivity contribution in [2.45, 2.75) is 46.2 Å². The van der Waals surface area contributed by atoms with Crippen molar-refractivity contribution in [1.29, 1.82) is 0 Å². The third-order valence-corrected chi connectivity index (χ3v) is 5.51. The Morgan fingerprint density at radius 3 is 2.91 bits per heavy atom. The molecule has 0 saturated heterocycles. The molecule has 0 saturated carbocycles. The molecule has 1 aromatic heterocycles. The van der Waals surface area contributed by atoms with Gasteiger partial charge < -0.3 is 14.8 Å². The first-order chi connectivity index (χ1) is 11.2. The highest BCUT2D eigenvalue weighted by atomic mass is 32.1. The number of aromatic nitrogens is 1. The molecule has 4 nitrogen and oxygen atoms in total. The number of hydrogen-bond donors (Lipinski definition) is 1. The van der Waals surface area contributed by atoms with Gasteiger partial charge in [0, 0.05) is 29.4 Å². The molecule has 0 spiro atoms. The van der Waals surface area contributed by atoms with Crippen LogP contribution >= 0.6 is 11.3 Å². The summed E-state index contributed by atoms with van der Waals surface area (Å²) in [4.78, 5) is 5.94. The fraction of sp³-hybridized carbons (Fsp3) is 0.500. The van der Waals surface area contributed by atoms with E-state index >= 15 is 0 Å². The predicted molar refractivity (Wildman–Crippen MR) is 93.5 cm³/mol. The van der Waals surface area contributed by atoms with Crippen LogP contribution in [0.4, 0.5) is 0 Å². The summed E-state index contributed by atoms with van der Waals surface area (Å²) < 4.78 is 11.6. The lowest BCUT2D eigenvalue weighted by Crippen LogP contribution is -2.18. The lowest BCUT2D eigenvalue weighted by Gasteiger charge is -2.16. The van der Waals surface area contributed by atoms with Gasteiger partial charge in [-0.05, 0) is 26.3 Å². The zero-order valence-corrected chi connectivity index (χ0v) is 14.8. The van der Waals surface area contributed by atoms with Crippen LogP contribution in [-0.4, -0.2) is 18.2 Å². The Bertz CT molecular complexity index is 669. The highest BCUT2D eigenvalue weighted by Crippen LogP contribution is 2.34. The number of fused-ring (bicyclic) bond motifs is 1. The molecule has 3 rings (SSSR count). The maximum atomic E-state index is 5.89. The highest BCUT2D eigenvalue weighted by molar-refractivity contribution is 7.11. The van der Waals surface area contributed by atoms with E-state index in [1.807, 2.05) is 12.1 Å². The molecule has 23 heavy (non-hydrogen) atoms. The monoisotopic (exact) mass is 332 g/mol. The first-order valence-corrected chi connectivity index (χ1v) is 9.07. The van der Waals surface area contributed by atoms with Gasteiger partial charge in [-0.3, -0.25) is 0 Å². The van der Waals surface area contributed by atoms with Crippen LogP contribution in [0.2, 0.25) is 0 Å². The van der Waals surface area contributed by atoms with Crippen molar-refractivity contribution < 1.29 is 9.47 Å². The van der Waals surface area contributed by atoms with Crippen LogP contribution in [-0.2, 0) is 13.0 Å². The van der Waals surface area contributed by atoms with E-state index < -0.39 is 0 Å². The topological polar surface area (TPSA) is 43.4 Å². The van der Waals surface area contributed by atoms with Gasteiger partial charge in [0.25, 0.3) is 0 Å². The van der Waals surface area contributed by atoms with Crippen molar-refractivity contribution in [1.82, 2.24) is 10.3 Å². The van der Waals surface area contributed by atoms with Crippen LogP contribution in [0.3, 0.4) is 0 Å². The van der Waals surface area contributed by atoms with Gasteiger partial charge in [-0.25, -0.2) is 4.98 Å². The number of benzene rings is 1. The van der Waals surface area contributed by atoms with E-state index in [1.54, 1.807) is 11.3 Å². The SMILES string of the molecule is CCc1nc(C)c([C@H](C)NCc2cccc3c2OCCCO3)s1. The van der Waals surface area contributed by atoms with Gasteiger partial charge in [0.15, 0.2) is 11.5 Å². The number of nitrogens with zero attached hydrogens (tertiary/aromatic N) is 1. The molecule has 0 radical (unpaired) electrons. The summed E-state index contributed by atoms with van der Waals surface area (Å²) in [6.07, 6.45) is 1.92. The Kier molecular flexibility index (Phi) is 5.18. The van der Waals surface area contributed by atoms with E-state index in [0.29, 0.717) is 6.61 Å². The average Bonchev–Trinajstić information content (AvgIpc) is 2.78. The quantitative estimate of drug-likeness (QED) is 0.898.